The molecule has 1 aliphatic rings. The lowest BCUT2D eigenvalue weighted by atomic mass is 10.1. The van der Waals surface area contributed by atoms with Crippen molar-refractivity contribution < 1.29 is 9.90 Å². The van der Waals surface area contributed by atoms with Crippen LogP contribution < -0.4 is 0 Å². The van der Waals surface area contributed by atoms with Gasteiger partial charge in [0.05, 0.1) is 11.3 Å². The molecule has 0 saturated carbocycles. The third-order valence-corrected chi connectivity index (χ3v) is 3.23. The molecule has 1 fully saturated rings. The Labute approximate surface area is 107 Å². The largest absolute Gasteiger partial charge is 0.478 e. The van der Waals surface area contributed by atoms with Gasteiger partial charge in [-0.2, -0.15) is 0 Å². The van der Waals surface area contributed by atoms with Gasteiger partial charge in [0.2, 0.25) is 0 Å². The molecule has 1 aromatic carbocycles. The highest BCUT2D eigenvalue weighted by Gasteiger charge is 2.13. The third-order valence-electron chi connectivity index (χ3n) is 3.23. The topological polar surface area (TPSA) is 52.9 Å². The number of aromatic carboxylic acids is 1. The summed E-state index contributed by atoms with van der Waals surface area (Å²) in [6, 6.07) is 6.87. The second kappa shape index (κ2) is 5.67. The van der Waals surface area contributed by atoms with Crippen molar-refractivity contribution in [3.05, 3.63) is 29.8 Å². The van der Waals surface area contributed by atoms with Crippen LogP contribution in [0.3, 0.4) is 0 Å². The molecule has 4 heteroatoms. The van der Waals surface area contributed by atoms with E-state index < -0.39 is 5.97 Å². The van der Waals surface area contributed by atoms with Crippen LogP contribution in [-0.2, 0) is 0 Å². The number of benzene rings is 1. The molecule has 0 unspecified atom stereocenters. The Kier molecular flexibility index (Phi) is 3.97. The van der Waals surface area contributed by atoms with E-state index in [1.165, 1.54) is 19.3 Å². The molecule has 4 nitrogen and oxygen atoms in total. The zero-order valence-electron chi connectivity index (χ0n) is 10.6. The summed E-state index contributed by atoms with van der Waals surface area (Å²) in [5.41, 5.74) is 0.793. The van der Waals surface area contributed by atoms with E-state index >= 15 is 0 Å². The van der Waals surface area contributed by atoms with Gasteiger partial charge in [-0.15, -0.1) is 0 Å². The van der Waals surface area contributed by atoms with Crippen molar-refractivity contribution in [3.63, 3.8) is 0 Å². The number of rotatable bonds is 2. The molecule has 1 aromatic rings. The van der Waals surface area contributed by atoms with E-state index in [-0.39, 0.29) is 5.56 Å². The van der Waals surface area contributed by atoms with Crippen LogP contribution in [0, 0.1) is 0 Å². The van der Waals surface area contributed by atoms with Gasteiger partial charge in [0.1, 0.15) is 5.84 Å². The van der Waals surface area contributed by atoms with Crippen LogP contribution in [0.2, 0.25) is 0 Å². The van der Waals surface area contributed by atoms with Crippen molar-refractivity contribution in [1.82, 2.24) is 4.90 Å². The number of para-hydroxylation sites is 1. The fourth-order valence-corrected chi connectivity index (χ4v) is 2.21. The highest BCUT2D eigenvalue weighted by molar-refractivity contribution is 5.95. The fraction of sp³-hybridized carbons (Fsp3) is 0.429. The number of nitrogens with zero attached hydrogens (tertiary/aromatic N) is 2. The lowest BCUT2D eigenvalue weighted by Gasteiger charge is -2.28. The number of carboxylic acids is 1. The third kappa shape index (κ3) is 2.88. The minimum atomic E-state index is -0.930. The molecule has 1 aliphatic heterocycles. The molecule has 0 amide bonds. The molecule has 96 valence electrons. The molecular formula is C14H18N2O2. The second-order valence-electron chi connectivity index (χ2n) is 4.53. The van der Waals surface area contributed by atoms with Gasteiger partial charge in [-0.25, -0.2) is 9.79 Å². The molecule has 18 heavy (non-hydrogen) atoms. The summed E-state index contributed by atoms with van der Waals surface area (Å²) in [4.78, 5) is 17.8. The van der Waals surface area contributed by atoms with Crippen molar-refractivity contribution in [2.24, 2.45) is 4.99 Å². The van der Waals surface area contributed by atoms with Gasteiger partial charge in [-0.3, -0.25) is 0 Å². The van der Waals surface area contributed by atoms with Crippen LogP contribution in [0.25, 0.3) is 0 Å². The van der Waals surface area contributed by atoms with Crippen LogP contribution in [0.15, 0.2) is 29.3 Å². The van der Waals surface area contributed by atoms with Crippen LogP contribution in [-0.4, -0.2) is 34.9 Å². The monoisotopic (exact) mass is 246 g/mol. The minimum absolute atomic E-state index is 0.258. The van der Waals surface area contributed by atoms with Gasteiger partial charge in [0.25, 0.3) is 0 Å². The van der Waals surface area contributed by atoms with Gasteiger partial charge < -0.3 is 10.0 Å². The normalized spacial score (nSPS) is 16.7. The molecule has 1 heterocycles. The standard InChI is InChI=1S/C14H18N2O2/c1-11(16-9-5-2-6-10-16)15-13-8-4-3-7-12(13)14(17)18/h3-4,7-8H,2,5-6,9-10H2,1H3,(H,17,18). The van der Waals surface area contributed by atoms with E-state index in [9.17, 15) is 4.79 Å². The zero-order valence-corrected chi connectivity index (χ0v) is 10.6. The van der Waals surface area contributed by atoms with Gasteiger partial charge in [0, 0.05) is 13.1 Å². The van der Waals surface area contributed by atoms with Gasteiger partial charge in [-0.1, -0.05) is 12.1 Å². The maximum atomic E-state index is 11.1. The lowest BCUT2D eigenvalue weighted by molar-refractivity contribution is 0.0698. The van der Waals surface area contributed by atoms with E-state index in [1.807, 2.05) is 13.0 Å². The quantitative estimate of drug-likeness (QED) is 0.644. The lowest BCUT2D eigenvalue weighted by Crippen LogP contribution is -2.33. The molecule has 0 atom stereocenters. The van der Waals surface area contributed by atoms with Gasteiger partial charge >= 0.3 is 5.97 Å². The van der Waals surface area contributed by atoms with Crippen LogP contribution in [0.5, 0.6) is 0 Å². The average molecular weight is 246 g/mol. The number of hydrogen-bond donors (Lipinski definition) is 1. The van der Waals surface area contributed by atoms with Crippen LogP contribution in [0.1, 0.15) is 36.5 Å². The fourth-order valence-electron chi connectivity index (χ4n) is 2.21. The van der Waals surface area contributed by atoms with E-state index in [1.54, 1.807) is 18.2 Å². The van der Waals surface area contributed by atoms with Crippen LogP contribution in [0.4, 0.5) is 5.69 Å². The number of hydrogen-bond acceptors (Lipinski definition) is 2. The van der Waals surface area contributed by atoms with E-state index in [0.717, 1.165) is 18.9 Å². The van der Waals surface area contributed by atoms with E-state index in [2.05, 4.69) is 9.89 Å². The Morgan fingerprint density at radius 2 is 1.89 bits per heavy atom. The Morgan fingerprint density at radius 1 is 1.22 bits per heavy atom. The SMILES string of the molecule is CC(=Nc1ccccc1C(=O)O)N1CCCCC1. The summed E-state index contributed by atoms with van der Waals surface area (Å²) < 4.78 is 0. The summed E-state index contributed by atoms with van der Waals surface area (Å²) in [7, 11) is 0. The second-order valence-corrected chi connectivity index (χ2v) is 4.53. The number of amidine groups is 1. The molecular weight excluding hydrogens is 228 g/mol. The van der Waals surface area contributed by atoms with Crippen molar-refractivity contribution in [1.29, 1.82) is 0 Å². The molecule has 0 radical (unpaired) electrons. The minimum Gasteiger partial charge on any atom is -0.478 e. The first-order chi connectivity index (χ1) is 8.68. The molecule has 0 bridgehead atoms. The number of piperidine rings is 1. The van der Waals surface area contributed by atoms with Crippen molar-refractivity contribution in [2.45, 2.75) is 26.2 Å². The summed E-state index contributed by atoms with van der Waals surface area (Å²) in [5, 5.41) is 9.11. The number of carbonyl (C=O) groups is 1. The molecule has 0 aromatic heterocycles. The predicted octanol–water partition coefficient (Wildman–Crippen LogP) is 2.92. The first-order valence-corrected chi connectivity index (χ1v) is 6.31. The Morgan fingerprint density at radius 3 is 2.56 bits per heavy atom. The summed E-state index contributed by atoms with van der Waals surface area (Å²) in [5.74, 6) is -0.0239. The maximum absolute atomic E-state index is 11.1. The molecule has 1 N–H and O–H groups in total. The zero-order chi connectivity index (χ0) is 13.0. The maximum Gasteiger partial charge on any atom is 0.337 e. The Hall–Kier alpha value is -1.84. The first-order valence-electron chi connectivity index (χ1n) is 6.31. The van der Waals surface area contributed by atoms with Gasteiger partial charge in [0.15, 0.2) is 0 Å². The van der Waals surface area contributed by atoms with Crippen LogP contribution >= 0.6 is 0 Å². The number of carboxylic acid groups (broad SMARTS) is 1. The van der Waals surface area contributed by atoms with Crippen molar-refractivity contribution in [2.75, 3.05) is 13.1 Å². The van der Waals surface area contributed by atoms with E-state index in [0.29, 0.717) is 5.69 Å². The average Bonchev–Trinajstić information content (AvgIpc) is 2.40. The first kappa shape index (κ1) is 12.6. The molecule has 0 aliphatic carbocycles. The van der Waals surface area contributed by atoms with Crippen molar-refractivity contribution >= 4 is 17.5 Å². The molecule has 2 rings (SSSR count). The highest BCUT2D eigenvalue weighted by Crippen LogP contribution is 2.20. The molecule has 0 spiro atoms. The predicted molar refractivity (Wildman–Crippen MR) is 71.6 cm³/mol. The Bertz CT molecular complexity index is 463. The molecule has 1 saturated heterocycles. The number of aliphatic imine (C=N–C) groups is 1. The highest BCUT2D eigenvalue weighted by atomic mass is 16.4. The Balaban J connectivity index is 2.23. The summed E-state index contributed by atoms with van der Waals surface area (Å²) in [6.07, 6.45) is 3.65. The van der Waals surface area contributed by atoms with Crippen molar-refractivity contribution in [3.8, 4) is 0 Å². The summed E-state index contributed by atoms with van der Waals surface area (Å²) in [6.45, 7) is 3.99. The summed E-state index contributed by atoms with van der Waals surface area (Å²) >= 11 is 0. The van der Waals surface area contributed by atoms with Gasteiger partial charge in [-0.05, 0) is 38.3 Å². The number of likely N-dealkylation sites (tertiary alicyclic amines) is 1. The van der Waals surface area contributed by atoms with E-state index in [4.69, 9.17) is 5.11 Å². The smallest absolute Gasteiger partial charge is 0.337 e.